The molecule has 0 radical (unpaired) electrons. The molecule has 0 spiro atoms. The molecule has 1 aromatic carbocycles. The number of aromatic nitrogens is 4. The van der Waals surface area contributed by atoms with E-state index in [4.69, 9.17) is 26.8 Å². The first-order valence-electron chi connectivity index (χ1n) is 6.03. The van der Waals surface area contributed by atoms with Gasteiger partial charge in [0.15, 0.2) is 11.4 Å². The predicted octanol–water partition coefficient (Wildman–Crippen LogP) is 2.27. The van der Waals surface area contributed by atoms with Gasteiger partial charge in [-0.15, -0.1) is 0 Å². The van der Waals surface area contributed by atoms with Gasteiger partial charge in [0, 0.05) is 5.56 Å². The number of nitrogen functional groups attached to an aromatic ring is 1. The normalized spacial score (nSPS) is 10.8. The second-order valence-electron chi connectivity index (χ2n) is 4.19. The van der Waals surface area contributed by atoms with Gasteiger partial charge in [-0.25, -0.2) is 9.97 Å². The summed E-state index contributed by atoms with van der Waals surface area (Å²) in [7, 11) is 3.06. The Morgan fingerprint density at radius 2 is 2.00 bits per heavy atom. The summed E-state index contributed by atoms with van der Waals surface area (Å²) in [5.74, 6) is 1.09. The molecule has 21 heavy (non-hydrogen) atoms. The molecule has 0 saturated carbocycles. The van der Waals surface area contributed by atoms with E-state index < -0.39 is 0 Å². The maximum Gasteiger partial charge on any atom is 0.222 e. The van der Waals surface area contributed by atoms with E-state index in [1.54, 1.807) is 12.1 Å². The summed E-state index contributed by atoms with van der Waals surface area (Å²) in [6, 6.07) is 3.53. The van der Waals surface area contributed by atoms with Crippen molar-refractivity contribution in [3.63, 3.8) is 0 Å². The summed E-state index contributed by atoms with van der Waals surface area (Å²) in [6.45, 7) is 0. The smallest absolute Gasteiger partial charge is 0.222 e. The van der Waals surface area contributed by atoms with Crippen molar-refractivity contribution in [2.45, 2.75) is 0 Å². The van der Waals surface area contributed by atoms with Gasteiger partial charge in [-0.3, -0.25) is 0 Å². The Morgan fingerprint density at radius 1 is 1.19 bits per heavy atom. The van der Waals surface area contributed by atoms with E-state index in [0.717, 1.165) is 0 Å². The van der Waals surface area contributed by atoms with Crippen LogP contribution in [0, 0.1) is 0 Å². The van der Waals surface area contributed by atoms with Crippen LogP contribution in [0.5, 0.6) is 11.5 Å². The summed E-state index contributed by atoms with van der Waals surface area (Å²) >= 11 is 6.28. The molecule has 3 aromatic rings. The lowest BCUT2D eigenvalue weighted by Crippen LogP contribution is -2.00. The van der Waals surface area contributed by atoms with Gasteiger partial charge in [0.1, 0.15) is 22.0 Å². The third-order valence-electron chi connectivity index (χ3n) is 3.04. The molecule has 0 bridgehead atoms. The number of hydrogen-bond acceptors (Lipinski definition) is 6. The molecule has 2 heterocycles. The van der Waals surface area contributed by atoms with E-state index >= 15 is 0 Å². The first-order chi connectivity index (χ1) is 10.2. The molecular weight excluding hydrogens is 294 g/mol. The molecule has 7 nitrogen and oxygen atoms in total. The van der Waals surface area contributed by atoms with Gasteiger partial charge in [0.05, 0.1) is 20.5 Å². The summed E-state index contributed by atoms with van der Waals surface area (Å²) in [5.41, 5.74) is 8.11. The van der Waals surface area contributed by atoms with Gasteiger partial charge in [0.2, 0.25) is 5.95 Å². The summed E-state index contributed by atoms with van der Waals surface area (Å²) in [4.78, 5) is 15.4. The highest BCUT2D eigenvalue weighted by Crippen LogP contribution is 2.42. The lowest BCUT2D eigenvalue weighted by Gasteiger charge is -2.13. The van der Waals surface area contributed by atoms with Gasteiger partial charge in [-0.2, -0.15) is 4.98 Å². The minimum atomic E-state index is 0.124. The minimum Gasteiger partial charge on any atom is -0.495 e. The standard InChI is InChI=1S/C13H12ClN5O2/c1-20-7-4-3-6(11(21-2)8(7)14)9-10-12(17-5-16-10)19-13(15)18-9/h3-5H,1-2H3,(H3,15,16,17,18,19). The number of H-pyrrole nitrogens is 1. The predicted molar refractivity (Wildman–Crippen MR) is 79.6 cm³/mol. The van der Waals surface area contributed by atoms with Crippen LogP contribution in [0.15, 0.2) is 18.5 Å². The number of nitrogens with one attached hydrogen (secondary N) is 1. The molecule has 2 aromatic heterocycles. The third kappa shape index (κ3) is 2.11. The molecule has 3 rings (SSSR count). The van der Waals surface area contributed by atoms with Crippen molar-refractivity contribution in [1.82, 2.24) is 19.9 Å². The summed E-state index contributed by atoms with van der Waals surface area (Å²) < 4.78 is 10.6. The highest BCUT2D eigenvalue weighted by Gasteiger charge is 2.19. The number of methoxy groups -OCH3 is 2. The maximum atomic E-state index is 6.28. The van der Waals surface area contributed by atoms with Crippen molar-refractivity contribution in [3.8, 4) is 22.8 Å². The van der Waals surface area contributed by atoms with Crippen LogP contribution >= 0.6 is 11.6 Å². The molecule has 0 aliphatic heterocycles. The monoisotopic (exact) mass is 305 g/mol. The number of imidazole rings is 1. The van der Waals surface area contributed by atoms with Crippen LogP contribution in [0.4, 0.5) is 5.95 Å². The molecule has 0 fully saturated rings. The van der Waals surface area contributed by atoms with Crippen molar-refractivity contribution in [2.24, 2.45) is 0 Å². The highest BCUT2D eigenvalue weighted by atomic mass is 35.5. The van der Waals surface area contributed by atoms with Gasteiger partial charge in [-0.1, -0.05) is 11.6 Å². The quantitative estimate of drug-likeness (QED) is 0.770. The molecule has 108 valence electrons. The van der Waals surface area contributed by atoms with Gasteiger partial charge < -0.3 is 20.2 Å². The number of anilines is 1. The topological polar surface area (TPSA) is 98.9 Å². The van der Waals surface area contributed by atoms with E-state index in [1.165, 1.54) is 20.5 Å². The van der Waals surface area contributed by atoms with Crippen LogP contribution in [0.25, 0.3) is 22.4 Å². The van der Waals surface area contributed by atoms with Gasteiger partial charge in [-0.05, 0) is 12.1 Å². The van der Waals surface area contributed by atoms with Crippen molar-refractivity contribution < 1.29 is 9.47 Å². The van der Waals surface area contributed by atoms with E-state index in [9.17, 15) is 0 Å². The number of rotatable bonds is 3. The lowest BCUT2D eigenvalue weighted by molar-refractivity contribution is 0.396. The zero-order valence-corrected chi connectivity index (χ0v) is 12.1. The van der Waals surface area contributed by atoms with Crippen LogP contribution < -0.4 is 15.2 Å². The van der Waals surface area contributed by atoms with E-state index in [2.05, 4.69) is 19.9 Å². The molecular formula is C13H12ClN5O2. The molecule has 0 atom stereocenters. The van der Waals surface area contributed by atoms with Crippen LogP contribution in [0.1, 0.15) is 0 Å². The first-order valence-corrected chi connectivity index (χ1v) is 6.41. The summed E-state index contributed by atoms with van der Waals surface area (Å²) in [5, 5.41) is 0.363. The molecule has 0 amide bonds. The van der Waals surface area contributed by atoms with Crippen LogP contribution in [0.2, 0.25) is 5.02 Å². The number of ether oxygens (including phenoxy) is 2. The first kappa shape index (κ1) is 13.4. The van der Waals surface area contributed by atoms with Crippen LogP contribution in [-0.2, 0) is 0 Å². The number of nitrogens with two attached hydrogens (primary N) is 1. The Balaban J connectivity index is 2.32. The third-order valence-corrected chi connectivity index (χ3v) is 3.40. The van der Waals surface area contributed by atoms with Crippen LogP contribution in [0.3, 0.4) is 0 Å². The largest absolute Gasteiger partial charge is 0.495 e. The zero-order chi connectivity index (χ0) is 15.0. The second kappa shape index (κ2) is 5.10. The highest BCUT2D eigenvalue weighted by molar-refractivity contribution is 6.34. The fourth-order valence-corrected chi connectivity index (χ4v) is 2.45. The molecule has 0 aliphatic rings. The Hall–Kier alpha value is -2.54. The fraction of sp³-hybridized carbons (Fsp3) is 0.154. The van der Waals surface area contributed by atoms with E-state index in [1.807, 2.05) is 0 Å². The number of benzene rings is 1. The fourth-order valence-electron chi connectivity index (χ4n) is 2.13. The van der Waals surface area contributed by atoms with Gasteiger partial charge in [0.25, 0.3) is 0 Å². The zero-order valence-electron chi connectivity index (χ0n) is 11.3. The molecule has 8 heteroatoms. The van der Waals surface area contributed by atoms with Gasteiger partial charge >= 0.3 is 0 Å². The molecule has 0 unspecified atom stereocenters. The van der Waals surface area contributed by atoms with Crippen LogP contribution in [-0.4, -0.2) is 34.2 Å². The maximum absolute atomic E-state index is 6.28. The van der Waals surface area contributed by atoms with E-state index in [0.29, 0.717) is 38.9 Å². The van der Waals surface area contributed by atoms with Crippen molar-refractivity contribution in [2.75, 3.05) is 20.0 Å². The number of halogens is 1. The Morgan fingerprint density at radius 3 is 2.71 bits per heavy atom. The van der Waals surface area contributed by atoms with E-state index in [-0.39, 0.29) is 5.95 Å². The molecule has 0 saturated heterocycles. The van der Waals surface area contributed by atoms with Crippen molar-refractivity contribution in [3.05, 3.63) is 23.5 Å². The second-order valence-corrected chi connectivity index (χ2v) is 4.57. The summed E-state index contributed by atoms with van der Waals surface area (Å²) in [6.07, 6.45) is 1.53. The molecule has 0 aliphatic carbocycles. The Labute approximate surface area is 125 Å². The number of fused-ring (bicyclic) bond motifs is 1. The molecule has 3 N–H and O–H groups in total. The SMILES string of the molecule is COc1ccc(-c2nc(N)nc3nc[nH]c23)c(OC)c1Cl. The van der Waals surface area contributed by atoms with Crippen molar-refractivity contribution in [1.29, 1.82) is 0 Å². The average Bonchev–Trinajstić information content (AvgIpc) is 2.94. The number of hydrogen-bond donors (Lipinski definition) is 2. The Kier molecular flexibility index (Phi) is 3.26. The minimum absolute atomic E-state index is 0.124. The number of nitrogens with zero attached hydrogens (tertiary/aromatic N) is 3. The number of aromatic amines is 1. The Bertz CT molecular complexity index is 818. The van der Waals surface area contributed by atoms with Crippen molar-refractivity contribution >= 4 is 28.7 Å². The average molecular weight is 306 g/mol. The lowest BCUT2D eigenvalue weighted by atomic mass is 10.1.